The van der Waals surface area contributed by atoms with Gasteiger partial charge in [0.15, 0.2) is 11.6 Å². The highest BCUT2D eigenvalue weighted by Gasteiger charge is 2.30. The van der Waals surface area contributed by atoms with Crippen LogP contribution in [-0.4, -0.2) is 23.4 Å². The van der Waals surface area contributed by atoms with E-state index >= 15 is 0 Å². The fourth-order valence-electron chi connectivity index (χ4n) is 3.88. The Morgan fingerprint density at radius 3 is 2.68 bits per heavy atom. The summed E-state index contributed by atoms with van der Waals surface area (Å²) < 4.78 is 5.80. The molecule has 1 unspecified atom stereocenters. The van der Waals surface area contributed by atoms with Crippen molar-refractivity contribution in [2.45, 2.75) is 32.7 Å². The summed E-state index contributed by atoms with van der Waals surface area (Å²) in [5.41, 5.74) is 1.86. The summed E-state index contributed by atoms with van der Waals surface area (Å²) in [7, 11) is 0. The smallest absolute Gasteiger partial charge is 0.230 e. The number of imide groups is 1. The molecule has 31 heavy (non-hydrogen) atoms. The van der Waals surface area contributed by atoms with Gasteiger partial charge in [0.1, 0.15) is 11.3 Å². The molecule has 1 aliphatic rings. The summed E-state index contributed by atoms with van der Waals surface area (Å²) in [5, 5.41) is 6.44. The minimum absolute atomic E-state index is 0.0492. The van der Waals surface area contributed by atoms with Crippen LogP contribution in [0.1, 0.15) is 52.7 Å². The first-order valence-electron chi connectivity index (χ1n) is 10.1. The summed E-state index contributed by atoms with van der Waals surface area (Å²) in [4.78, 5) is 48.7. The normalized spacial score (nSPS) is 16.2. The molecule has 0 spiro atoms. The number of carbonyl (C=O) groups is 4. The summed E-state index contributed by atoms with van der Waals surface area (Å²) in [5.74, 6) is -1.18. The number of ketones is 2. The summed E-state index contributed by atoms with van der Waals surface area (Å²) in [6, 6.07) is 14.6. The van der Waals surface area contributed by atoms with Crippen LogP contribution in [0.2, 0.25) is 0 Å². The van der Waals surface area contributed by atoms with Crippen molar-refractivity contribution in [3.8, 4) is 0 Å². The predicted octanol–water partition coefficient (Wildman–Crippen LogP) is 3.87. The van der Waals surface area contributed by atoms with Gasteiger partial charge in [-0.25, -0.2) is 0 Å². The summed E-state index contributed by atoms with van der Waals surface area (Å²) >= 11 is 0. The average molecular weight is 418 g/mol. The van der Waals surface area contributed by atoms with Gasteiger partial charge < -0.3 is 9.73 Å². The molecule has 158 valence electrons. The van der Waals surface area contributed by atoms with Gasteiger partial charge in [-0.3, -0.25) is 24.5 Å². The number of benzene rings is 2. The highest BCUT2D eigenvalue weighted by molar-refractivity contribution is 6.12. The number of para-hydroxylation sites is 1. The highest BCUT2D eigenvalue weighted by atomic mass is 16.3. The monoisotopic (exact) mass is 418 g/mol. The lowest BCUT2D eigenvalue weighted by atomic mass is 9.88. The number of amides is 2. The van der Waals surface area contributed by atoms with E-state index in [-0.39, 0.29) is 41.4 Å². The Hall–Kier alpha value is -3.74. The maximum atomic E-state index is 12.9. The molecular weight excluding hydrogens is 396 g/mol. The fourth-order valence-corrected chi connectivity index (χ4v) is 3.88. The van der Waals surface area contributed by atoms with Crippen molar-refractivity contribution >= 4 is 40.0 Å². The van der Waals surface area contributed by atoms with Gasteiger partial charge >= 0.3 is 0 Å². The predicted molar refractivity (Wildman–Crippen MR) is 115 cm³/mol. The minimum atomic E-state index is -0.572. The van der Waals surface area contributed by atoms with E-state index in [1.807, 2.05) is 30.3 Å². The van der Waals surface area contributed by atoms with Gasteiger partial charge in [0.05, 0.1) is 12.1 Å². The van der Waals surface area contributed by atoms with Gasteiger partial charge in [-0.15, -0.1) is 0 Å². The molecule has 2 aromatic carbocycles. The van der Waals surface area contributed by atoms with Gasteiger partial charge in [0.25, 0.3) is 0 Å². The zero-order valence-electron chi connectivity index (χ0n) is 17.1. The number of nitrogens with one attached hydrogen (secondary N) is 2. The number of fused-ring (bicyclic) bond motifs is 1. The van der Waals surface area contributed by atoms with Crippen LogP contribution in [0.3, 0.4) is 0 Å². The van der Waals surface area contributed by atoms with E-state index < -0.39 is 11.8 Å². The Morgan fingerprint density at radius 2 is 1.94 bits per heavy atom. The molecule has 1 aliphatic heterocycles. The quantitative estimate of drug-likeness (QED) is 0.446. The largest absolute Gasteiger partial charge is 0.459 e. The number of hydrogen-bond acceptors (Lipinski definition) is 6. The lowest BCUT2D eigenvalue weighted by molar-refractivity contribution is -0.136. The zero-order valence-corrected chi connectivity index (χ0v) is 17.1. The van der Waals surface area contributed by atoms with E-state index in [0.717, 1.165) is 11.0 Å². The molecule has 3 aromatic rings. The molecule has 7 heteroatoms. The molecule has 1 fully saturated rings. The van der Waals surface area contributed by atoms with Crippen molar-refractivity contribution < 1.29 is 23.6 Å². The number of rotatable bonds is 7. The van der Waals surface area contributed by atoms with Gasteiger partial charge in [0, 0.05) is 35.4 Å². The van der Waals surface area contributed by atoms with Crippen molar-refractivity contribution in [1.82, 2.24) is 5.32 Å². The molecule has 1 aromatic heterocycles. The van der Waals surface area contributed by atoms with E-state index in [0.29, 0.717) is 24.4 Å². The topological polar surface area (TPSA) is 105 Å². The fraction of sp³-hybridized carbons (Fsp3) is 0.250. The number of hydrogen-bond donors (Lipinski definition) is 2. The number of piperidine rings is 1. The molecular formula is C24H22N2O5. The molecule has 0 radical (unpaired) electrons. The second-order valence-electron chi connectivity index (χ2n) is 7.66. The molecule has 1 atom stereocenters. The SMILES string of the molecule is CC(=O)c1c(NCc2cc3ccccc3o2)cccc1C(=O)CC1CCC(=O)NC1=O. The zero-order chi connectivity index (χ0) is 22.0. The molecule has 7 nitrogen and oxygen atoms in total. The maximum absolute atomic E-state index is 12.9. The van der Waals surface area contributed by atoms with E-state index in [1.165, 1.54) is 6.92 Å². The van der Waals surface area contributed by atoms with Crippen LogP contribution < -0.4 is 10.6 Å². The number of Topliss-reactive ketones (excluding diaryl/α,β-unsaturated/α-hetero) is 2. The van der Waals surface area contributed by atoms with Crippen molar-refractivity contribution in [2.24, 2.45) is 5.92 Å². The van der Waals surface area contributed by atoms with E-state index in [1.54, 1.807) is 18.2 Å². The van der Waals surface area contributed by atoms with Gasteiger partial charge in [0.2, 0.25) is 11.8 Å². The summed E-state index contributed by atoms with van der Waals surface area (Å²) in [6.07, 6.45) is 0.491. The molecule has 4 rings (SSSR count). The molecule has 2 heterocycles. The number of furan rings is 1. The third-order valence-corrected chi connectivity index (χ3v) is 5.43. The molecule has 2 N–H and O–H groups in total. The standard InChI is InChI=1S/C24H22N2O5/c1-14(27)23-18(20(28)12-16-9-10-22(29)26-24(16)30)6-4-7-19(23)25-13-17-11-15-5-2-3-8-21(15)31-17/h2-8,11,16,25H,9-10,12-13H2,1H3,(H,26,29,30). The number of anilines is 1. The minimum Gasteiger partial charge on any atom is -0.459 e. The van der Waals surface area contributed by atoms with Gasteiger partial charge in [-0.05, 0) is 31.5 Å². The van der Waals surface area contributed by atoms with Crippen molar-refractivity contribution in [2.75, 3.05) is 5.32 Å². The average Bonchev–Trinajstić information content (AvgIpc) is 3.16. The first kappa shape index (κ1) is 20.5. The molecule has 0 bridgehead atoms. The third kappa shape index (κ3) is 4.40. The Labute approximate surface area is 178 Å². The molecule has 1 saturated heterocycles. The summed E-state index contributed by atoms with van der Waals surface area (Å²) in [6.45, 7) is 1.75. The van der Waals surface area contributed by atoms with E-state index in [2.05, 4.69) is 10.6 Å². The first-order valence-corrected chi connectivity index (χ1v) is 10.1. The van der Waals surface area contributed by atoms with Gasteiger partial charge in [-0.1, -0.05) is 30.3 Å². The van der Waals surface area contributed by atoms with E-state index in [4.69, 9.17) is 4.42 Å². The van der Waals surface area contributed by atoms with Crippen LogP contribution in [0.25, 0.3) is 11.0 Å². The van der Waals surface area contributed by atoms with Crippen molar-refractivity contribution in [3.63, 3.8) is 0 Å². The van der Waals surface area contributed by atoms with Crippen molar-refractivity contribution in [3.05, 3.63) is 65.4 Å². The van der Waals surface area contributed by atoms with E-state index in [9.17, 15) is 19.2 Å². The Morgan fingerprint density at radius 1 is 1.13 bits per heavy atom. The Bertz CT molecular complexity index is 1160. The van der Waals surface area contributed by atoms with Crippen LogP contribution in [0, 0.1) is 5.92 Å². The van der Waals surface area contributed by atoms with Crippen LogP contribution in [0.4, 0.5) is 5.69 Å². The molecule has 0 aliphatic carbocycles. The van der Waals surface area contributed by atoms with Gasteiger partial charge in [-0.2, -0.15) is 0 Å². The van der Waals surface area contributed by atoms with Crippen LogP contribution in [-0.2, 0) is 16.1 Å². The highest BCUT2D eigenvalue weighted by Crippen LogP contribution is 2.27. The lowest BCUT2D eigenvalue weighted by Crippen LogP contribution is -2.41. The second-order valence-corrected chi connectivity index (χ2v) is 7.66. The Kier molecular flexibility index (Phi) is 5.66. The second kappa shape index (κ2) is 8.55. The Balaban J connectivity index is 1.54. The number of carbonyl (C=O) groups excluding carboxylic acids is 4. The third-order valence-electron chi connectivity index (χ3n) is 5.43. The maximum Gasteiger partial charge on any atom is 0.230 e. The van der Waals surface area contributed by atoms with Crippen molar-refractivity contribution in [1.29, 1.82) is 0 Å². The molecule has 0 saturated carbocycles. The molecule has 2 amide bonds. The first-order chi connectivity index (χ1) is 14.9. The lowest BCUT2D eigenvalue weighted by Gasteiger charge is -2.20. The van der Waals surface area contributed by atoms with Crippen LogP contribution in [0.5, 0.6) is 0 Å². The van der Waals surface area contributed by atoms with Crippen LogP contribution in [0.15, 0.2) is 52.9 Å². The van der Waals surface area contributed by atoms with Crippen LogP contribution >= 0.6 is 0 Å².